The lowest BCUT2D eigenvalue weighted by Crippen LogP contribution is -2.55. The number of hydrogen-bond donors (Lipinski definition) is 0. The number of piperidine rings is 2. The molecule has 1 unspecified atom stereocenters. The van der Waals surface area contributed by atoms with Crippen LogP contribution in [0.25, 0.3) is 0 Å². The van der Waals surface area contributed by atoms with Crippen LogP contribution in [0, 0.1) is 18.3 Å². The van der Waals surface area contributed by atoms with Gasteiger partial charge in [-0.05, 0) is 51.0 Å². The van der Waals surface area contributed by atoms with Crippen LogP contribution in [0.2, 0.25) is 0 Å². The van der Waals surface area contributed by atoms with E-state index in [1.165, 1.54) is 12.8 Å². The van der Waals surface area contributed by atoms with Gasteiger partial charge in [0.15, 0.2) is 0 Å². The van der Waals surface area contributed by atoms with Crippen molar-refractivity contribution in [2.24, 2.45) is 11.3 Å². The van der Waals surface area contributed by atoms with Crippen LogP contribution in [0.1, 0.15) is 50.6 Å². The maximum absolute atomic E-state index is 12.9. The monoisotopic (exact) mass is 385 g/mol. The Morgan fingerprint density at radius 1 is 1.18 bits per heavy atom. The van der Waals surface area contributed by atoms with Gasteiger partial charge < -0.3 is 14.4 Å². The molecule has 1 aliphatic carbocycles. The molecule has 0 aromatic carbocycles. The van der Waals surface area contributed by atoms with Crippen molar-refractivity contribution in [1.29, 1.82) is 0 Å². The summed E-state index contributed by atoms with van der Waals surface area (Å²) in [6.45, 7) is 5.59. The number of aryl methyl sites for hydroxylation is 1. The second-order valence-electron chi connectivity index (χ2n) is 9.04. The van der Waals surface area contributed by atoms with Gasteiger partial charge in [0.25, 0.3) is 5.56 Å². The van der Waals surface area contributed by atoms with Crippen LogP contribution in [-0.2, 0) is 16.1 Å². The number of likely N-dealkylation sites (tertiary alicyclic amines) is 2. The number of carbonyl (C=O) groups excluding carboxylic acids is 2. The summed E-state index contributed by atoms with van der Waals surface area (Å²) in [5, 5.41) is 0. The van der Waals surface area contributed by atoms with Gasteiger partial charge in [0.2, 0.25) is 11.8 Å². The van der Waals surface area contributed by atoms with Crippen molar-refractivity contribution < 1.29 is 9.59 Å². The van der Waals surface area contributed by atoms with Crippen molar-refractivity contribution in [1.82, 2.24) is 14.4 Å². The molecule has 2 aliphatic heterocycles. The molecule has 6 heteroatoms. The van der Waals surface area contributed by atoms with Crippen molar-refractivity contribution in [3.05, 3.63) is 34.2 Å². The average molecular weight is 386 g/mol. The first kappa shape index (κ1) is 19.2. The Balaban J connectivity index is 1.38. The number of carbonyl (C=O) groups is 2. The molecule has 0 bridgehead atoms. The molecule has 1 spiro atoms. The Kier molecular flexibility index (Phi) is 5.30. The van der Waals surface area contributed by atoms with Gasteiger partial charge in [0.05, 0.1) is 0 Å². The van der Waals surface area contributed by atoms with E-state index in [0.717, 1.165) is 51.1 Å². The molecule has 3 fully saturated rings. The largest absolute Gasteiger partial charge is 0.342 e. The maximum Gasteiger partial charge on any atom is 0.250 e. The minimum atomic E-state index is -0.0515. The fourth-order valence-corrected chi connectivity index (χ4v) is 4.91. The molecule has 1 aromatic heterocycles. The quantitative estimate of drug-likeness (QED) is 0.781. The van der Waals surface area contributed by atoms with Crippen LogP contribution >= 0.6 is 0 Å². The SMILES string of the molecule is Cc1cccc(=O)n1CCC(=O)N1CCCC2(CCC(=O)N(CC3CC3)C2)C1. The van der Waals surface area contributed by atoms with E-state index in [1.807, 2.05) is 17.9 Å². The molecule has 6 nitrogen and oxygen atoms in total. The second-order valence-corrected chi connectivity index (χ2v) is 9.04. The molecule has 1 saturated carbocycles. The van der Waals surface area contributed by atoms with Crippen molar-refractivity contribution in [3.8, 4) is 0 Å². The first-order valence-electron chi connectivity index (χ1n) is 10.7. The Morgan fingerprint density at radius 2 is 2.00 bits per heavy atom. The number of nitrogens with zero attached hydrogens (tertiary/aromatic N) is 3. The predicted octanol–water partition coefficient (Wildman–Crippen LogP) is 2.19. The van der Waals surface area contributed by atoms with Gasteiger partial charge in [0, 0.05) is 62.7 Å². The minimum Gasteiger partial charge on any atom is -0.342 e. The van der Waals surface area contributed by atoms with E-state index in [2.05, 4.69) is 4.90 Å². The molecule has 3 aliphatic rings. The average Bonchev–Trinajstić information content (AvgIpc) is 3.49. The zero-order chi connectivity index (χ0) is 19.7. The van der Waals surface area contributed by atoms with Crippen molar-refractivity contribution in [2.45, 2.75) is 58.4 Å². The molecule has 0 radical (unpaired) electrons. The zero-order valence-corrected chi connectivity index (χ0v) is 16.9. The van der Waals surface area contributed by atoms with Crippen LogP contribution < -0.4 is 5.56 Å². The predicted molar refractivity (Wildman–Crippen MR) is 107 cm³/mol. The van der Waals surface area contributed by atoms with Gasteiger partial charge >= 0.3 is 0 Å². The summed E-state index contributed by atoms with van der Waals surface area (Å²) in [4.78, 5) is 41.3. The molecule has 1 atom stereocenters. The Labute approximate surface area is 166 Å². The summed E-state index contributed by atoms with van der Waals surface area (Å²) in [5.74, 6) is 1.12. The Bertz CT molecular complexity index is 813. The van der Waals surface area contributed by atoms with E-state index in [1.54, 1.807) is 16.7 Å². The first-order chi connectivity index (χ1) is 13.5. The third-order valence-corrected chi connectivity index (χ3v) is 6.76. The fourth-order valence-electron chi connectivity index (χ4n) is 4.91. The van der Waals surface area contributed by atoms with Gasteiger partial charge in [0.1, 0.15) is 0 Å². The molecule has 28 heavy (non-hydrogen) atoms. The highest BCUT2D eigenvalue weighted by Gasteiger charge is 2.43. The lowest BCUT2D eigenvalue weighted by molar-refractivity contribution is -0.143. The third kappa shape index (κ3) is 4.15. The number of hydrogen-bond acceptors (Lipinski definition) is 3. The highest BCUT2D eigenvalue weighted by atomic mass is 16.2. The molecule has 2 amide bonds. The number of pyridine rings is 1. The summed E-state index contributed by atoms with van der Waals surface area (Å²) in [7, 11) is 0. The molecule has 152 valence electrons. The van der Waals surface area contributed by atoms with Crippen molar-refractivity contribution >= 4 is 11.8 Å². The summed E-state index contributed by atoms with van der Waals surface area (Å²) in [6, 6.07) is 5.19. The van der Waals surface area contributed by atoms with Gasteiger partial charge in [-0.25, -0.2) is 0 Å². The Morgan fingerprint density at radius 3 is 2.75 bits per heavy atom. The summed E-state index contributed by atoms with van der Waals surface area (Å²) in [6.07, 6.45) is 6.47. The lowest BCUT2D eigenvalue weighted by Gasteiger charge is -2.48. The lowest BCUT2D eigenvalue weighted by atomic mass is 9.73. The normalized spacial score (nSPS) is 25.4. The van der Waals surface area contributed by atoms with Gasteiger partial charge in [-0.2, -0.15) is 0 Å². The number of rotatable bonds is 5. The van der Waals surface area contributed by atoms with E-state index < -0.39 is 0 Å². The maximum atomic E-state index is 12.9. The number of amides is 2. The highest BCUT2D eigenvalue weighted by molar-refractivity contribution is 5.78. The fraction of sp³-hybridized carbons (Fsp3) is 0.682. The first-order valence-corrected chi connectivity index (χ1v) is 10.7. The van der Waals surface area contributed by atoms with E-state index in [-0.39, 0.29) is 16.9 Å². The summed E-state index contributed by atoms with van der Waals surface area (Å²) < 4.78 is 1.67. The van der Waals surface area contributed by atoms with E-state index in [9.17, 15) is 14.4 Å². The van der Waals surface area contributed by atoms with Gasteiger partial charge in [-0.3, -0.25) is 14.4 Å². The van der Waals surface area contributed by atoms with E-state index in [4.69, 9.17) is 0 Å². The molecule has 3 heterocycles. The highest BCUT2D eigenvalue weighted by Crippen LogP contribution is 2.40. The van der Waals surface area contributed by atoms with E-state index in [0.29, 0.717) is 31.2 Å². The Hall–Kier alpha value is -2.11. The smallest absolute Gasteiger partial charge is 0.250 e. The molecule has 2 saturated heterocycles. The molecule has 0 N–H and O–H groups in total. The molecular weight excluding hydrogens is 354 g/mol. The van der Waals surface area contributed by atoms with Crippen LogP contribution in [-0.4, -0.2) is 52.4 Å². The van der Waals surface area contributed by atoms with Crippen LogP contribution in [0.5, 0.6) is 0 Å². The van der Waals surface area contributed by atoms with Gasteiger partial charge in [-0.15, -0.1) is 0 Å². The van der Waals surface area contributed by atoms with Crippen LogP contribution in [0.3, 0.4) is 0 Å². The summed E-state index contributed by atoms with van der Waals surface area (Å²) in [5.41, 5.74) is 0.900. The second kappa shape index (κ2) is 7.72. The van der Waals surface area contributed by atoms with Crippen LogP contribution in [0.4, 0.5) is 0 Å². The van der Waals surface area contributed by atoms with Gasteiger partial charge in [-0.1, -0.05) is 6.07 Å². The van der Waals surface area contributed by atoms with Crippen molar-refractivity contribution in [2.75, 3.05) is 26.2 Å². The standard InChI is InChI=1S/C22H31N3O3/c1-17-4-2-5-21(28)25(17)13-9-20(27)23-12-3-10-22(15-23)11-8-19(26)24(16-22)14-18-6-7-18/h2,4-5,18H,3,6-16H2,1H3. The summed E-state index contributed by atoms with van der Waals surface area (Å²) >= 11 is 0. The van der Waals surface area contributed by atoms with Crippen LogP contribution in [0.15, 0.2) is 23.0 Å². The number of aromatic nitrogens is 1. The zero-order valence-electron chi connectivity index (χ0n) is 16.9. The van der Waals surface area contributed by atoms with E-state index >= 15 is 0 Å². The molecular formula is C22H31N3O3. The molecule has 1 aromatic rings. The third-order valence-electron chi connectivity index (χ3n) is 6.76. The van der Waals surface area contributed by atoms with Crippen molar-refractivity contribution in [3.63, 3.8) is 0 Å². The minimum absolute atomic E-state index is 0.0515. The topological polar surface area (TPSA) is 62.6 Å². The molecule has 4 rings (SSSR count).